The van der Waals surface area contributed by atoms with Crippen molar-refractivity contribution in [1.82, 2.24) is 14.9 Å². The molecule has 2 rings (SSSR count). The van der Waals surface area contributed by atoms with Crippen LogP contribution in [-0.2, 0) is 6.54 Å². The number of rotatable bonds is 2. The van der Waals surface area contributed by atoms with Gasteiger partial charge in [0.15, 0.2) is 0 Å². The molecule has 2 aromatic rings. The van der Waals surface area contributed by atoms with Gasteiger partial charge in [-0.05, 0) is 19.1 Å². The van der Waals surface area contributed by atoms with Crippen LogP contribution in [-0.4, -0.2) is 15.6 Å². The highest BCUT2D eigenvalue weighted by Gasteiger charge is 2.03. The maximum atomic E-state index is 11.5. The highest BCUT2D eigenvalue weighted by Crippen LogP contribution is 2.14. The van der Waals surface area contributed by atoms with Gasteiger partial charge >= 0.3 is 6.03 Å². The third-order valence-electron chi connectivity index (χ3n) is 1.95. The number of amides is 1. The number of thiophene rings is 1. The van der Waals surface area contributed by atoms with Gasteiger partial charge in [-0.3, -0.25) is 4.57 Å². The summed E-state index contributed by atoms with van der Waals surface area (Å²) in [6.07, 6.45) is 4.68. The van der Waals surface area contributed by atoms with E-state index in [-0.39, 0.29) is 6.03 Å². The molecule has 15 heavy (non-hydrogen) atoms. The predicted octanol–water partition coefficient (Wildman–Crippen LogP) is 2.01. The molecule has 4 nitrogen and oxygen atoms in total. The van der Waals surface area contributed by atoms with E-state index in [0.29, 0.717) is 6.54 Å². The van der Waals surface area contributed by atoms with E-state index in [1.54, 1.807) is 23.7 Å². The summed E-state index contributed by atoms with van der Waals surface area (Å²) in [5.74, 6) is 0. The zero-order valence-electron chi connectivity index (χ0n) is 8.30. The number of carbonyl (C=O) groups is 1. The predicted molar refractivity (Wildman–Crippen MR) is 58.9 cm³/mol. The first kappa shape index (κ1) is 9.92. The molecule has 0 radical (unpaired) electrons. The van der Waals surface area contributed by atoms with Crippen molar-refractivity contribution in [2.75, 3.05) is 0 Å². The first-order valence-corrected chi connectivity index (χ1v) is 5.39. The molecule has 0 aliphatic rings. The van der Waals surface area contributed by atoms with E-state index >= 15 is 0 Å². The molecule has 5 heteroatoms. The van der Waals surface area contributed by atoms with Crippen LogP contribution in [0.25, 0.3) is 0 Å². The van der Waals surface area contributed by atoms with Crippen molar-refractivity contribution in [3.8, 4) is 0 Å². The van der Waals surface area contributed by atoms with Gasteiger partial charge in [0, 0.05) is 22.1 Å². The van der Waals surface area contributed by atoms with E-state index in [1.807, 2.05) is 19.1 Å². The summed E-state index contributed by atoms with van der Waals surface area (Å²) in [4.78, 5) is 17.7. The second-order valence-electron chi connectivity index (χ2n) is 3.14. The van der Waals surface area contributed by atoms with Crippen LogP contribution in [0.15, 0.2) is 30.9 Å². The number of carbonyl (C=O) groups excluding carboxylic acids is 1. The zero-order chi connectivity index (χ0) is 10.7. The van der Waals surface area contributed by atoms with Crippen LogP contribution in [0.5, 0.6) is 0 Å². The monoisotopic (exact) mass is 221 g/mol. The topological polar surface area (TPSA) is 46.9 Å². The Labute approximate surface area is 91.6 Å². The van der Waals surface area contributed by atoms with Gasteiger partial charge in [-0.1, -0.05) is 0 Å². The van der Waals surface area contributed by atoms with Crippen LogP contribution in [0.1, 0.15) is 9.75 Å². The van der Waals surface area contributed by atoms with Crippen LogP contribution in [0.4, 0.5) is 4.79 Å². The molecule has 0 fully saturated rings. The molecular weight excluding hydrogens is 210 g/mol. The fourth-order valence-electron chi connectivity index (χ4n) is 1.21. The Hall–Kier alpha value is -1.62. The Morgan fingerprint density at radius 2 is 2.47 bits per heavy atom. The molecule has 0 bridgehead atoms. The molecule has 0 atom stereocenters. The molecule has 0 saturated heterocycles. The van der Waals surface area contributed by atoms with Crippen molar-refractivity contribution in [2.45, 2.75) is 13.5 Å². The third kappa shape index (κ3) is 2.44. The summed E-state index contributed by atoms with van der Waals surface area (Å²) < 4.78 is 1.42. The number of imidazole rings is 1. The second kappa shape index (κ2) is 4.27. The van der Waals surface area contributed by atoms with Crippen molar-refractivity contribution in [3.05, 3.63) is 40.6 Å². The lowest BCUT2D eigenvalue weighted by atomic mass is 10.4. The van der Waals surface area contributed by atoms with Crippen LogP contribution in [0.3, 0.4) is 0 Å². The highest BCUT2D eigenvalue weighted by atomic mass is 32.1. The summed E-state index contributed by atoms with van der Waals surface area (Å²) in [5, 5.41) is 2.81. The normalized spacial score (nSPS) is 10.2. The molecule has 1 N–H and O–H groups in total. The largest absolute Gasteiger partial charge is 0.332 e. The molecule has 2 heterocycles. The molecular formula is C10H11N3OS. The second-order valence-corrected chi connectivity index (χ2v) is 4.51. The van der Waals surface area contributed by atoms with Crippen LogP contribution < -0.4 is 5.32 Å². The third-order valence-corrected chi connectivity index (χ3v) is 2.95. The molecule has 78 valence electrons. The minimum absolute atomic E-state index is 0.154. The van der Waals surface area contributed by atoms with Gasteiger partial charge in [0.05, 0.1) is 6.54 Å². The highest BCUT2D eigenvalue weighted by molar-refractivity contribution is 7.11. The number of hydrogen-bond donors (Lipinski definition) is 1. The number of nitrogens with zero attached hydrogens (tertiary/aromatic N) is 2. The van der Waals surface area contributed by atoms with E-state index in [2.05, 4.69) is 10.3 Å². The van der Waals surface area contributed by atoms with E-state index in [0.717, 1.165) is 4.88 Å². The first-order chi connectivity index (χ1) is 7.25. The fraction of sp³-hybridized carbons (Fsp3) is 0.200. The number of nitrogens with one attached hydrogen (secondary N) is 1. The SMILES string of the molecule is Cc1ccc(CNC(=O)n2ccnc2)s1. The van der Waals surface area contributed by atoms with Gasteiger partial charge in [-0.2, -0.15) is 0 Å². The summed E-state index contributed by atoms with van der Waals surface area (Å²) in [6.45, 7) is 2.61. The Kier molecular flexibility index (Phi) is 2.82. The van der Waals surface area contributed by atoms with Crippen molar-refractivity contribution in [1.29, 1.82) is 0 Å². The Morgan fingerprint density at radius 3 is 3.07 bits per heavy atom. The zero-order valence-corrected chi connectivity index (χ0v) is 9.12. The Balaban J connectivity index is 1.91. The van der Waals surface area contributed by atoms with E-state index in [9.17, 15) is 4.79 Å². The molecule has 0 aliphatic heterocycles. The van der Waals surface area contributed by atoms with Gasteiger partial charge in [-0.15, -0.1) is 11.3 Å². The lowest BCUT2D eigenvalue weighted by Crippen LogP contribution is -2.26. The van der Waals surface area contributed by atoms with Gasteiger partial charge in [0.2, 0.25) is 0 Å². The van der Waals surface area contributed by atoms with Gasteiger partial charge in [0.25, 0.3) is 0 Å². The lowest BCUT2D eigenvalue weighted by molar-refractivity contribution is 0.242. The minimum atomic E-state index is -0.154. The van der Waals surface area contributed by atoms with E-state index < -0.39 is 0 Å². The summed E-state index contributed by atoms with van der Waals surface area (Å²) in [6, 6.07) is 3.91. The molecule has 2 aromatic heterocycles. The van der Waals surface area contributed by atoms with Crippen LogP contribution in [0.2, 0.25) is 0 Å². The molecule has 0 unspecified atom stereocenters. The molecule has 0 spiro atoms. The van der Waals surface area contributed by atoms with Gasteiger partial charge in [0.1, 0.15) is 6.33 Å². The van der Waals surface area contributed by atoms with Gasteiger partial charge < -0.3 is 5.32 Å². The minimum Gasteiger partial charge on any atom is -0.332 e. The number of aromatic nitrogens is 2. The van der Waals surface area contributed by atoms with Crippen LogP contribution in [0, 0.1) is 6.92 Å². The smallest absolute Gasteiger partial charge is 0.327 e. The quantitative estimate of drug-likeness (QED) is 0.843. The molecule has 0 saturated carbocycles. The molecule has 1 amide bonds. The maximum Gasteiger partial charge on any atom is 0.327 e. The van der Waals surface area contributed by atoms with Crippen molar-refractivity contribution >= 4 is 17.4 Å². The standard InChI is InChI=1S/C10H11N3OS/c1-8-2-3-9(15-8)6-12-10(14)13-5-4-11-7-13/h2-5,7H,6H2,1H3,(H,12,14). The molecule has 0 aromatic carbocycles. The average Bonchev–Trinajstić information content (AvgIpc) is 2.84. The average molecular weight is 221 g/mol. The van der Waals surface area contributed by atoms with Crippen LogP contribution >= 0.6 is 11.3 Å². The first-order valence-electron chi connectivity index (χ1n) is 4.57. The molecule has 0 aliphatic carbocycles. The van der Waals surface area contributed by atoms with Gasteiger partial charge in [-0.25, -0.2) is 9.78 Å². The Morgan fingerprint density at radius 1 is 1.60 bits per heavy atom. The summed E-state index contributed by atoms with van der Waals surface area (Å²) >= 11 is 1.69. The van der Waals surface area contributed by atoms with Crippen molar-refractivity contribution < 1.29 is 4.79 Å². The summed E-state index contributed by atoms with van der Waals surface area (Å²) in [7, 11) is 0. The fourth-order valence-corrected chi connectivity index (χ4v) is 2.04. The number of hydrogen-bond acceptors (Lipinski definition) is 3. The Bertz CT molecular complexity index is 447. The number of aryl methyl sites for hydroxylation is 1. The maximum absolute atomic E-state index is 11.5. The van der Waals surface area contributed by atoms with Crippen molar-refractivity contribution in [3.63, 3.8) is 0 Å². The lowest BCUT2D eigenvalue weighted by Gasteiger charge is -2.02. The van der Waals surface area contributed by atoms with E-state index in [1.165, 1.54) is 15.8 Å². The van der Waals surface area contributed by atoms with Crippen molar-refractivity contribution in [2.24, 2.45) is 0 Å². The van der Waals surface area contributed by atoms with E-state index in [4.69, 9.17) is 0 Å². The summed E-state index contributed by atoms with van der Waals surface area (Å²) in [5.41, 5.74) is 0.